The van der Waals surface area contributed by atoms with E-state index in [9.17, 15) is 0 Å². The quantitative estimate of drug-likeness (QED) is 0.847. The van der Waals surface area contributed by atoms with Gasteiger partial charge in [-0.15, -0.1) is 0 Å². The minimum atomic E-state index is 0.159. The van der Waals surface area contributed by atoms with E-state index in [0.29, 0.717) is 11.4 Å². The number of anilines is 2. The minimum absolute atomic E-state index is 0.159. The van der Waals surface area contributed by atoms with E-state index in [1.54, 1.807) is 26.0 Å². The number of ether oxygens (including phenoxy) is 2. The van der Waals surface area contributed by atoms with Gasteiger partial charge in [0.25, 0.3) is 0 Å². The van der Waals surface area contributed by atoms with Gasteiger partial charge >= 0.3 is 0 Å². The Kier molecular flexibility index (Phi) is 3.36. The molecule has 0 saturated carbocycles. The summed E-state index contributed by atoms with van der Waals surface area (Å²) in [5, 5.41) is 3.64. The highest BCUT2D eigenvalue weighted by molar-refractivity contribution is 8.00. The van der Waals surface area contributed by atoms with Crippen molar-refractivity contribution in [3.05, 3.63) is 42.0 Å². The fourth-order valence-electron chi connectivity index (χ4n) is 2.19. The number of fused-ring (bicyclic) bond motifs is 1. The van der Waals surface area contributed by atoms with Gasteiger partial charge in [0.1, 0.15) is 16.9 Å². The maximum absolute atomic E-state index is 5.85. The van der Waals surface area contributed by atoms with Crippen LogP contribution in [0.1, 0.15) is 10.9 Å². The lowest BCUT2D eigenvalue weighted by Crippen LogP contribution is -2.02. The summed E-state index contributed by atoms with van der Waals surface area (Å²) >= 11 is 1.76. The highest BCUT2D eigenvalue weighted by atomic mass is 32.2. The van der Waals surface area contributed by atoms with Crippen LogP contribution in [0.5, 0.6) is 11.5 Å². The lowest BCUT2D eigenvalue weighted by Gasteiger charge is -2.13. The molecule has 0 amide bonds. The van der Waals surface area contributed by atoms with Crippen LogP contribution in [0, 0.1) is 0 Å². The molecule has 2 aromatic carbocycles. The van der Waals surface area contributed by atoms with Crippen molar-refractivity contribution in [3.63, 3.8) is 0 Å². The molecule has 3 N–H and O–H groups in total. The summed E-state index contributed by atoms with van der Waals surface area (Å²) in [7, 11) is 3.31. The Morgan fingerprint density at radius 3 is 2.70 bits per heavy atom. The standard InChI is InChI=1S/C15H16N2O2S/c1-18-10-4-6-12-14(8-10)20-15(17-12)9-3-5-11(16)13(7-9)19-2/h3-8,15,17H,16H2,1-2H3. The molecule has 0 radical (unpaired) electrons. The minimum Gasteiger partial charge on any atom is -0.497 e. The molecule has 1 heterocycles. The molecule has 1 aliphatic heterocycles. The van der Waals surface area contributed by atoms with E-state index >= 15 is 0 Å². The van der Waals surface area contributed by atoms with Gasteiger partial charge in [-0.2, -0.15) is 0 Å². The molecule has 5 heteroatoms. The number of methoxy groups -OCH3 is 2. The number of rotatable bonds is 3. The van der Waals surface area contributed by atoms with Crippen molar-refractivity contribution < 1.29 is 9.47 Å². The summed E-state index contributed by atoms with van der Waals surface area (Å²) in [5.41, 5.74) is 8.76. The predicted molar refractivity (Wildman–Crippen MR) is 82.6 cm³/mol. The topological polar surface area (TPSA) is 56.5 Å². The number of nitrogens with one attached hydrogen (secondary N) is 1. The van der Waals surface area contributed by atoms with Crippen LogP contribution in [0.4, 0.5) is 11.4 Å². The first-order valence-electron chi connectivity index (χ1n) is 6.26. The fourth-order valence-corrected chi connectivity index (χ4v) is 3.35. The van der Waals surface area contributed by atoms with Gasteiger partial charge in [-0.3, -0.25) is 0 Å². The number of nitrogen functional groups attached to an aromatic ring is 1. The largest absolute Gasteiger partial charge is 0.497 e. The SMILES string of the molecule is COc1ccc2c(c1)SC(c1ccc(N)c(OC)c1)N2. The molecule has 1 atom stereocenters. The highest BCUT2D eigenvalue weighted by Gasteiger charge is 2.23. The molecule has 3 rings (SSSR count). The van der Waals surface area contributed by atoms with Gasteiger partial charge in [-0.05, 0) is 35.9 Å². The molecule has 0 fully saturated rings. The van der Waals surface area contributed by atoms with Crippen LogP contribution in [-0.2, 0) is 0 Å². The Labute approximate surface area is 122 Å². The number of hydrogen-bond donors (Lipinski definition) is 2. The zero-order valence-electron chi connectivity index (χ0n) is 11.3. The summed E-state index contributed by atoms with van der Waals surface area (Å²) in [6.45, 7) is 0. The van der Waals surface area contributed by atoms with E-state index in [1.807, 2.05) is 36.4 Å². The third-order valence-corrected chi connectivity index (χ3v) is 4.50. The number of nitrogens with two attached hydrogens (primary N) is 1. The summed E-state index contributed by atoms with van der Waals surface area (Å²) in [4.78, 5) is 1.19. The van der Waals surface area contributed by atoms with Gasteiger partial charge in [-0.25, -0.2) is 0 Å². The second-order valence-electron chi connectivity index (χ2n) is 4.51. The van der Waals surface area contributed by atoms with Crippen molar-refractivity contribution >= 4 is 23.1 Å². The lowest BCUT2D eigenvalue weighted by molar-refractivity contribution is 0.414. The van der Waals surface area contributed by atoms with Crippen LogP contribution in [0.15, 0.2) is 41.3 Å². The highest BCUT2D eigenvalue weighted by Crippen LogP contribution is 2.48. The van der Waals surface area contributed by atoms with Crippen molar-refractivity contribution in [3.8, 4) is 11.5 Å². The van der Waals surface area contributed by atoms with E-state index in [-0.39, 0.29) is 5.37 Å². The van der Waals surface area contributed by atoms with E-state index in [4.69, 9.17) is 15.2 Å². The molecule has 0 aliphatic carbocycles. The molecule has 1 aliphatic rings. The van der Waals surface area contributed by atoms with E-state index in [0.717, 1.165) is 17.0 Å². The normalized spacial score (nSPS) is 16.4. The average Bonchev–Trinajstić information content (AvgIpc) is 2.90. The maximum Gasteiger partial charge on any atom is 0.142 e. The van der Waals surface area contributed by atoms with Gasteiger partial charge in [0, 0.05) is 10.6 Å². The van der Waals surface area contributed by atoms with E-state index in [1.165, 1.54) is 4.90 Å². The van der Waals surface area contributed by atoms with Crippen LogP contribution in [0.3, 0.4) is 0 Å². The lowest BCUT2D eigenvalue weighted by atomic mass is 10.2. The molecule has 0 bridgehead atoms. The molecule has 4 nitrogen and oxygen atoms in total. The zero-order chi connectivity index (χ0) is 14.1. The first kappa shape index (κ1) is 13.0. The Morgan fingerprint density at radius 2 is 1.95 bits per heavy atom. The fraction of sp³-hybridized carbons (Fsp3) is 0.200. The third kappa shape index (κ3) is 2.25. The third-order valence-electron chi connectivity index (χ3n) is 3.28. The molecule has 1 unspecified atom stereocenters. The summed E-state index contributed by atoms with van der Waals surface area (Å²) in [6.07, 6.45) is 0. The van der Waals surface area contributed by atoms with E-state index in [2.05, 4.69) is 5.32 Å². The Bertz CT molecular complexity index is 646. The van der Waals surface area contributed by atoms with Crippen LogP contribution in [0.2, 0.25) is 0 Å². The Hall–Kier alpha value is -2.01. The van der Waals surface area contributed by atoms with Gasteiger partial charge in [0.2, 0.25) is 0 Å². The van der Waals surface area contributed by atoms with Crippen molar-refractivity contribution in [1.82, 2.24) is 0 Å². The number of benzene rings is 2. The number of thioether (sulfide) groups is 1. The van der Waals surface area contributed by atoms with Crippen molar-refractivity contribution in [2.45, 2.75) is 10.3 Å². The maximum atomic E-state index is 5.85. The van der Waals surface area contributed by atoms with Gasteiger partial charge in [0.05, 0.1) is 19.9 Å². The first-order valence-corrected chi connectivity index (χ1v) is 7.14. The molecule has 0 saturated heterocycles. The summed E-state index contributed by atoms with van der Waals surface area (Å²) in [5.74, 6) is 1.58. The molecular formula is C15H16N2O2S. The monoisotopic (exact) mass is 288 g/mol. The smallest absolute Gasteiger partial charge is 0.142 e. The van der Waals surface area contributed by atoms with Crippen molar-refractivity contribution in [1.29, 1.82) is 0 Å². The second-order valence-corrected chi connectivity index (χ2v) is 5.65. The summed E-state index contributed by atoms with van der Waals surface area (Å²) < 4.78 is 10.5. The van der Waals surface area contributed by atoms with Gasteiger partial charge < -0.3 is 20.5 Å². The van der Waals surface area contributed by atoms with Crippen LogP contribution < -0.4 is 20.5 Å². The van der Waals surface area contributed by atoms with Crippen LogP contribution in [-0.4, -0.2) is 14.2 Å². The second kappa shape index (κ2) is 5.17. The molecule has 0 spiro atoms. The molecule has 0 aromatic heterocycles. The van der Waals surface area contributed by atoms with E-state index < -0.39 is 0 Å². The molecule has 20 heavy (non-hydrogen) atoms. The summed E-state index contributed by atoms with van der Waals surface area (Å²) in [6, 6.07) is 11.9. The Balaban J connectivity index is 1.88. The van der Waals surface area contributed by atoms with Crippen LogP contribution >= 0.6 is 11.8 Å². The predicted octanol–water partition coefficient (Wildman–Crippen LogP) is 3.50. The number of hydrogen-bond acceptors (Lipinski definition) is 5. The molecular weight excluding hydrogens is 272 g/mol. The average molecular weight is 288 g/mol. The van der Waals surface area contributed by atoms with Crippen LogP contribution in [0.25, 0.3) is 0 Å². The molecule has 2 aromatic rings. The van der Waals surface area contributed by atoms with Gasteiger partial charge in [-0.1, -0.05) is 17.8 Å². The Morgan fingerprint density at radius 1 is 1.10 bits per heavy atom. The van der Waals surface area contributed by atoms with Gasteiger partial charge in [0.15, 0.2) is 0 Å². The zero-order valence-corrected chi connectivity index (χ0v) is 12.2. The molecule has 104 valence electrons. The van der Waals surface area contributed by atoms with Crippen molar-refractivity contribution in [2.75, 3.05) is 25.3 Å². The van der Waals surface area contributed by atoms with Crippen molar-refractivity contribution in [2.24, 2.45) is 0 Å². The first-order chi connectivity index (χ1) is 9.71.